The Kier molecular flexibility index (Phi) is 6.13. The molecule has 0 aliphatic carbocycles. The summed E-state index contributed by atoms with van der Waals surface area (Å²) in [6, 6.07) is 14.6. The zero-order valence-electron chi connectivity index (χ0n) is 17.9. The topological polar surface area (TPSA) is 64.3 Å². The smallest absolute Gasteiger partial charge is 0.339 e. The Hall–Kier alpha value is -3.02. The lowest BCUT2D eigenvalue weighted by Gasteiger charge is -2.13. The predicted octanol–water partition coefficient (Wildman–Crippen LogP) is 6.59. The average molecular weight is 469 g/mol. The van der Waals surface area contributed by atoms with Crippen LogP contribution in [-0.2, 0) is 13.2 Å². The minimum absolute atomic E-state index is 0.154. The van der Waals surface area contributed by atoms with Gasteiger partial charge in [-0.25, -0.2) is 9.78 Å². The van der Waals surface area contributed by atoms with Gasteiger partial charge in [-0.1, -0.05) is 47.5 Å². The van der Waals surface area contributed by atoms with E-state index >= 15 is 0 Å². The summed E-state index contributed by atoms with van der Waals surface area (Å²) in [5.74, 6) is 0.249. The molecule has 0 amide bonds. The van der Waals surface area contributed by atoms with Crippen molar-refractivity contribution in [2.24, 2.45) is 0 Å². The largest absolute Gasteiger partial charge is 0.488 e. The molecule has 164 valence electrons. The van der Waals surface area contributed by atoms with Crippen LogP contribution in [0.4, 0.5) is 0 Å². The monoisotopic (exact) mass is 468 g/mol. The average Bonchev–Trinajstić information content (AvgIpc) is 3.04. The fraction of sp³-hybridized carbons (Fsp3) is 0.200. The van der Waals surface area contributed by atoms with Crippen LogP contribution in [-0.4, -0.2) is 20.6 Å². The van der Waals surface area contributed by atoms with Crippen LogP contribution in [0.2, 0.25) is 10.0 Å². The SMILES string of the molecule is Cc1cccc(C(=O)O)c1OCc1cc(C)c2nc(C)n(Cc3ccc(Cl)cc3Cl)c2c1. The van der Waals surface area contributed by atoms with E-state index in [1.165, 1.54) is 0 Å². The molecule has 0 aliphatic rings. The second-order valence-corrected chi connectivity index (χ2v) is 8.65. The van der Waals surface area contributed by atoms with Crippen LogP contribution in [0.3, 0.4) is 0 Å². The van der Waals surface area contributed by atoms with Crippen LogP contribution in [0.1, 0.15) is 38.4 Å². The molecule has 0 unspecified atom stereocenters. The maximum atomic E-state index is 11.6. The van der Waals surface area contributed by atoms with Crippen molar-refractivity contribution >= 4 is 40.2 Å². The summed E-state index contributed by atoms with van der Waals surface area (Å²) >= 11 is 12.4. The molecular weight excluding hydrogens is 447 g/mol. The molecule has 0 spiro atoms. The summed E-state index contributed by atoms with van der Waals surface area (Å²) in [6.45, 7) is 6.61. The number of hydrogen-bond donors (Lipinski definition) is 1. The number of nitrogens with zero attached hydrogens (tertiary/aromatic N) is 2. The lowest BCUT2D eigenvalue weighted by atomic mass is 10.1. The van der Waals surface area contributed by atoms with Gasteiger partial charge in [-0.05, 0) is 67.3 Å². The first-order valence-corrected chi connectivity index (χ1v) is 10.9. The number of halogens is 2. The molecule has 0 fully saturated rings. The molecule has 5 nitrogen and oxygen atoms in total. The van der Waals surface area contributed by atoms with Crippen molar-refractivity contribution in [1.82, 2.24) is 9.55 Å². The van der Waals surface area contributed by atoms with Gasteiger partial charge < -0.3 is 14.4 Å². The number of carboxylic acid groups (broad SMARTS) is 1. The van der Waals surface area contributed by atoms with Crippen LogP contribution in [0.5, 0.6) is 5.75 Å². The fourth-order valence-electron chi connectivity index (χ4n) is 3.85. The summed E-state index contributed by atoms with van der Waals surface area (Å²) in [6.07, 6.45) is 0. The van der Waals surface area contributed by atoms with Gasteiger partial charge in [-0.3, -0.25) is 0 Å². The molecular formula is C25H22Cl2N2O3. The highest BCUT2D eigenvalue weighted by Gasteiger charge is 2.16. The van der Waals surface area contributed by atoms with Crippen molar-refractivity contribution in [3.8, 4) is 5.75 Å². The quantitative estimate of drug-likeness (QED) is 0.346. The second kappa shape index (κ2) is 8.85. The molecule has 1 aromatic heterocycles. The molecule has 0 bridgehead atoms. The van der Waals surface area contributed by atoms with E-state index in [4.69, 9.17) is 32.9 Å². The number of rotatable bonds is 6. The molecule has 0 saturated heterocycles. The van der Waals surface area contributed by atoms with Crippen LogP contribution >= 0.6 is 23.2 Å². The van der Waals surface area contributed by atoms with Crippen LogP contribution in [0.15, 0.2) is 48.5 Å². The van der Waals surface area contributed by atoms with E-state index in [0.29, 0.717) is 22.3 Å². The summed E-state index contributed by atoms with van der Waals surface area (Å²) in [5, 5.41) is 10.7. The fourth-order valence-corrected chi connectivity index (χ4v) is 4.32. The zero-order chi connectivity index (χ0) is 23.0. The number of aromatic nitrogens is 2. The highest BCUT2D eigenvalue weighted by molar-refractivity contribution is 6.35. The number of carbonyl (C=O) groups is 1. The van der Waals surface area contributed by atoms with E-state index in [1.54, 1.807) is 18.2 Å². The Morgan fingerprint density at radius 3 is 2.56 bits per heavy atom. The van der Waals surface area contributed by atoms with Gasteiger partial charge in [0.2, 0.25) is 0 Å². The molecule has 7 heteroatoms. The lowest BCUT2D eigenvalue weighted by molar-refractivity contribution is 0.0691. The summed E-state index contributed by atoms with van der Waals surface area (Å²) in [5.41, 5.74) is 5.71. The molecule has 3 aromatic carbocycles. The van der Waals surface area contributed by atoms with Gasteiger partial charge in [0.15, 0.2) is 0 Å². The highest BCUT2D eigenvalue weighted by Crippen LogP contribution is 2.28. The number of fused-ring (bicyclic) bond motifs is 1. The van der Waals surface area contributed by atoms with Crippen molar-refractivity contribution in [2.75, 3.05) is 0 Å². The number of aromatic carboxylic acids is 1. The maximum absolute atomic E-state index is 11.6. The normalized spacial score (nSPS) is 11.2. The van der Waals surface area contributed by atoms with E-state index in [1.807, 2.05) is 51.1 Å². The molecule has 1 heterocycles. The number of para-hydroxylation sites is 1. The second-order valence-electron chi connectivity index (χ2n) is 7.81. The Morgan fingerprint density at radius 2 is 1.84 bits per heavy atom. The molecule has 4 rings (SSSR count). The molecule has 4 aromatic rings. The number of imidazole rings is 1. The Balaban J connectivity index is 1.69. The third-order valence-corrected chi connectivity index (χ3v) is 6.05. The minimum Gasteiger partial charge on any atom is -0.488 e. The Morgan fingerprint density at radius 1 is 1.06 bits per heavy atom. The van der Waals surface area contributed by atoms with Gasteiger partial charge in [0, 0.05) is 10.0 Å². The van der Waals surface area contributed by atoms with Gasteiger partial charge in [0.05, 0.1) is 17.6 Å². The van der Waals surface area contributed by atoms with Crippen molar-refractivity contribution in [3.63, 3.8) is 0 Å². The Labute approximate surface area is 196 Å². The lowest BCUT2D eigenvalue weighted by Crippen LogP contribution is -2.06. The first-order valence-electron chi connectivity index (χ1n) is 10.1. The number of hydrogen-bond acceptors (Lipinski definition) is 3. The number of carboxylic acids is 1. The molecule has 0 saturated carbocycles. The van der Waals surface area contributed by atoms with Gasteiger partial charge in [0.1, 0.15) is 23.7 Å². The molecule has 0 aliphatic heterocycles. The summed E-state index contributed by atoms with van der Waals surface area (Å²) < 4.78 is 8.08. The third-order valence-electron chi connectivity index (χ3n) is 5.46. The summed E-state index contributed by atoms with van der Waals surface area (Å²) in [4.78, 5) is 16.3. The molecule has 0 atom stereocenters. The van der Waals surface area contributed by atoms with Gasteiger partial charge in [-0.2, -0.15) is 0 Å². The van der Waals surface area contributed by atoms with Gasteiger partial charge in [-0.15, -0.1) is 0 Å². The van der Waals surface area contributed by atoms with E-state index in [2.05, 4.69) is 4.57 Å². The molecule has 32 heavy (non-hydrogen) atoms. The molecule has 1 N–H and O–H groups in total. The van der Waals surface area contributed by atoms with Crippen molar-refractivity contribution in [1.29, 1.82) is 0 Å². The number of ether oxygens (including phenoxy) is 1. The summed E-state index contributed by atoms with van der Waals surface area (Å²) in [7, 11) is 0. The van der Waals surface area contributed by atoms with Crippen LogP contribution < -0.4 is 4.74 Å². The third kappa shape index (κ3) is 4.31. The van der Waals surface area contributed by atoms with Gasteiger partial charge in [0.25, 0.3) is 0 Å². The van der Waals surface area contributed by atoms with Crippen LogP contribution in [0.25, 0.3) is 11.0 Å². The van der Waals surface area contributed by atoms with Crippen LogP contribution in [0, 0.1) is 20.8 Å². The molecule has 0 radical (unpaired) electrons. The Bertz CT molecular complexity index is 1350. The van der Waals surface area contributed by atoms with E-state index in [-0.39, 0.29) is 12.2 Å². The van der Waals surface area contributed by atoms with E-state index in [9.17, 15) is 9.90 Å². The zero-order valence-corrected chi connectivity index (χ0v) is 19.5. The van der Waals surface area contributed by atoms with Crippen molar-refractivity contribution in [3.05, 3.63) is 92.2 Å². The van der Waals surface area contributed by atoms with Gasteiger partial charge >= 0.3 is 5.97 Å². The predicted molar refractivity (Wildman–Crippen MR) is 127 cm³/mol. The van der Waals surface area contributed by atoms with E-state index < -0.39 is 5.97 Å². The van der Waals surface area contributed by atoms with E-state index in [0.717, 1.165) is 39.1 Å². The van der Waals surface area contributed by atoms with Crippen molar-refractivity contribution in [2.45, 2.75) is 33.9 Å². The highest BCUT2D eigenvalue weighted by atomic mass is 35.5. The number of aryl methyl sites for hydroxylation is 3. The standard InChI is InChI=1S/C25H22Cl2N2O3/c1-14-5-4-6-20(25(30)31)24(14)32-13-17-9-15(2)23-22(10-17)29(16(3)28-23)12-18-7-8-19(26)11-21(18)27/h4-11H,12-13H2,1-3H3,(H,30,31). The minimum atomic E-state index is -1.01. The first-order chi connectivity index (χ1) is 15.2. The number of benzene rings is 3. The maximum Gasteiger partial charge on any atom is 0.339 e. The van der Waals surface area contributed by atoms with Crippen molar-refractivity contribution < 1.29 is 14.6 Å². The first kappa shape index (κ1) is 22.2.